The van der Waals surface area contributed by atoms with E-state index in [9.17, 15) is 4.79 Å². The maximum Gasteiger partial charge on any atom is 0.225 e. The van der Waals surface area contributed by atoms with Crippen LogP contribution in [0.1, 0.15) is 47.0 Å². The van der Waals surface area contributed by atoms with Gasteiger partial charge in [-0.25, -0.2) is 0 Å². The number of carbonyl (C=O) groups excluding carboxylic acids is 1. The topological polar surface area (TPSA) is 46.3 Å². The Kier molecular flexibility index (Phi) is 10.9. The number of rotatable bonds is 7. The Hall–Kier alpha value is -0.280. The summed E-state index contributed by atoms with van der Waals surface area (Å²) in [4.78, 5) is 13.8. The molecular weight excluding hydrogens is 236 g/mol. The molecule has 4 heteroatoms. The number of nitrogens with zero attached hydrogens (tertiary/aromatic N) is 1. The van der Waals surface area contributed by atoms with Crippen LogP contribution in [0.5, 0.6) is 0 Å². The maximum atomic E-state index is 12.0. The Balaban J connectivity index is 0. The first-order valence-electron chi connectivity index (χ1n) is 6.44. The van der Waals surface area contributed by atoms with Crippen molar-refractivity contribution in [1.82, 2.24) is 4.90 Å². The third-order valence-corrected chi connectivity index (χ3v) is 3.37. The molecule has 1 atom stereocenters. The van der Waals surface area contributed by atoms with E-state index in [0.29, 0.717) is 5.92 Å². The molecule has 0 aliphatic rings. The van der Waals surface area contributed by atoms with Crippen molar-refractivity contribution in [3.05, 3.63) is 0 Å². The van der Waals surface area contributed by atoms with Crippen molar-refractivity contribution in [3.8, 4) is 0 Å². The van der Waals surface area contributed by atoms with Crippen molar-refractivity contribution in [3.63, 3.8) is 0 Å². The Bertz CT molecular complexity index is 206. The van der Waals surface area contributed by atoms with Crippen LogP contribution in [0.4, 0.5) is 0 Å². The van der Waals surface area contributed by atoms with Gasteiger partial charge in [0.25, 0.3) is 0 Å². The van der Waals surface area contributed by atoms with Gasteiger partial charge >= 0.3 is 0 Å². The fraction of sp³-hybridized carbons (Fsp3) is 0.923. The average Bonchev–Trinajstić information content (AvgIpc) is 2.26. The quantitative estimate of drug-likeness (QED) is 0.769. The molecule has 0 rings (SSSR count). The second-order valence-corrected chi connectivity index (χ2v) is 4.97. The molecule has 1 unspecified atom stereocenters. The van der Waals surface area contributed by atoms with Crippen molar-refractivity contribution < 1.29 is 4.79 Å². The van der Waals surface area contributed by atoms with Gasteiger partial charge in [-0.3, -0.25) is 4.79 Å². The van der Waals surface area contributed by atoms with Crippen LogP contribution in [0.25, 0.3) is 0 Å². The SMILES string of the molecule is CCC(CC)C(=O)N(C)CCC(N)C(C)C.Cl. The van der Waals surface area contributed by atoms with Crippen LogP contribution in [0, 0.1) is 11.8 Å². The molecule has 0 aromatic heterocycles. The summed E-state index contributed by atoms with van der Waals surface area (Å²) in [5.41, 5.74) is 5.97. The lowest BCUT2D eigenvalue weighted by molar-refractivity contribution is -0.134. The third kappa shape index (κ3) is 6.89. The molecule has 0 spiro atoms. The smallest absolute Gasteiger partial charge is 0.225 e. The highest BCUT2D eigenvalue weighted by molar-refractivity contribution is 5.85. The van der Waals surface area contributed by atoms with Gasteiger partial charge in [-0.15, -0.1) is 12.4 Å². The molecule has 0 aromatic carbocycles. The average molecular weight is 265 g/mol. The maximum absolute atomic E-state index is 12.0. The van der Waals surface area contributed by atoms with E-state index in [0.717, 1.165) is 25.8 Å². The molecule has 0 aromatic rings. The normalized spacial score (nSPS) is 12.5. The molecule has 3 nitrogen and oxygen atoms in total. The van der Waals surface area contributed by atoms with E-state index in [1.54, 1.807) is 0 Å². The van der Waals surface area contributed by atoms with E-state index < -0.39 is 0 Å². The number of hydrogen-bond acceptors (Lipinski definition) is 2. The lowest BCUT2D eigenvalue weighted by atomic mass is 10.00. The van der Waals surface area contributed by atoms with Gasteiger partial charge in [0.15, 0.2) is 0 Å². The lowest BCUT2D eigenvalue weighted by Crippen LogP contribution is -2.37. The minimum atomic E-state index is 0. The van der Waals surface area contributed by atoms with Gasteiger partial charge in [-0.1, -0.05) is 27.7 Å². The molecule has 104 valence electrons. The Morgan fingerprint density at radius 3 is 2.06 bits per heavy atom. The van der Waals surface area contributed by atoms with Crippen molar-refractivity contribution >= 4 is 18.3 Å². The minimum Gasteiger partial charge on any atom is -0.345 e. The molecule has 0 saturated carbocycles. The van der Waals surface area contributed by atoms with Crippen molar-refractivity contribution in [1.29, 1.82) is 0 Å². The van der Waals surface area contributed by atoms with Gasteiger partial charge in [-0.2, -0.15) is 0 Å². The van der Waals surface area contributed by atoms with Crippen molar-refractivity contribution in [2.24, 2.45) is 17.6 Å². The first kappa shape index (κ1) is 19.1. The highest BCUT2D eigenvalue weighted by Gasteiger charge is 2.19. The van der Waals surface area contributed by atoms with Gasteiger partial charge < -0.3 is 10.6 Å². The summed E-state index contributed by atoms with van der Waals surface area (Å²) in [7, 11) is 1.88. The third-order valence-electron chi connectivity index (χ3n) is 3.37. The fourth-order valence-corrected chi connectivity index (χ4v) is 1.74. The van der Waals surface area contributed by atoms with E-state index in [1.807, 2.05) is 11.9 Å². The zero-order chi connectivity index (χ0) is 12.7. The monoisotopic (exact) mass is 264 g/mol. The lowest BCUT2D eigenvalue weighted by Gasteiger charge is -2.24. The first-order valence-corrected chi connectivity index (χ1v) is 6.44. The van der Waals surface area contributed by atoms with Crippen LogP contribution >= 0.6 is 12.4 Å². The molecule has 0 fully saturated rings. The van der Waals surface area contributed by atoms with Gasteiger partial charge in [0.2, 0.25) is 5.91 Å². The van der Waals surface area contributed by atoms with Crippen LogP contribution < -0.4 is 5.73 Å². The minimum absolute atomic E-state index is 0. The molecule has 1 amide bonds. The van der Waals surface area contributed by atoms with Crippen LogP contribution in [0.2, 0.25) is 0 Å². The van der Waals surface area contributed by atoms with Crippen molar-refractivity contribution in [2.45, 2.75) is 53.0 Å². The van der Waals surface area contributed by atoms with Gasteiger partial charge in [0.05, 0.1) is 0 Å². The van der Waals surface area contributed by atoms with E-state index in [-0.39, 0.29) is 30.3 Å². The van der Waals surface area contributed by atoms with E-state index in [2.05, 4.69) is 27.7 Å². The highest BCUT2D eigenvalue weighted by atomic mass is 35.5. The highest BCUT2D eigenvalue weighted by Crippen LogP contribution is 2.12. The fourth-order valence-electron chi connectivity index (χ4n) is 1.74. The summed E-state index contributed by atoms with van der Waals surface area (Å²) in [6, 6.07) is 0.192. The zero-order valence-corrected chi connectivity index (χ0v) is 12.7. The summed E-state index contributed by atoms with van der Waals surface area (Å²) >= 11 is 0. The van der Waals surface area contributed by atoms with Crippen molar-refractivity contribution in [2.75, 3.05) is 13.6 Å². The first-order chi connectivity index (χ1) is 7.43. The predicted octanol–water partition coefficient (Wildman–Crippen LogP) is 2.68. The summed E-state index contributed by atoms with van der Waals surface area (Å²) in [5, 5.41) is 0. The molecule has 0 saturated heterocycles. The molecule has 0 aliphatic carbocycles. The Labute approximate surface area is 113 Å². The van der Waals surface area contributed by atoms with Crippen LogP contribution in [0.3, 0.4) is 0 Å². The molecule has 0 radical (unpaired) electrons. The van der Waals surface area contributed by atoms with Gasteiger partial charge in [-0.05, 0) is 25.2 Å². The molecule has 17 heavy (non-hydrogen) atoms. The van der Waals surface area contributed by atoms with E-state index in [1.165, 1.54) is 0 Å². The molecule has 2 N–H and O–H groups in total. The molecule has 0 heterocycles. The number of hydrogen-bond donors (Lipinski definition) is 1. The summed E-state index contributed by atoms with van der Waals surface area (Å²) in [6.45, 7) is 9.15. The Morgan fingerprint density at radius 1 is 1.24 bits per heavy atom. The van der Waals surface area contributed by atoms with Gasteiger partial charge in [0, 0.05) is 25.6 Å². The largest absolute Gasteiger partial charge is 0.345 e. The summed E-state index contributed by atoms with van der Waals surface area (Å²) in [5.74, 6) is 0.929. The van der Waals surface area contributed by atoms with Crippen LogP contribution in [0.15, 0.2) is 0 Å². The summed E-state index contributed by atoms with van der Waals surface area (Å²) in [6.07, 6.45) is 2.74. The number of amides is 1. The summed E-state index contributed by atoms with van der Waals surface area (Å²) < 4.78 is 0. The van der Waals surface area contributed by atoms with E-state index >= 15 is 0 Å². The predicted molar refractivity (Wildman–Crippen MR) is 76.4 cm³/mol. The zero-order valence-electron chi connectivity index (χ0n) is 11.9. The van der Waals surface area contributed by atoms with Crippen LogP contribution in [-0.4, -0.2) is 30.4 Å². The number of carbonyl (C=O) groups is 1. The number of nitrogens with two attached hydrogens (primary N) is 1. The van der Waals surface area contributed by atoms with Crippen LogP contribution in [-0.2, 0) is 4.79 Å². The number of halogens is 1. The molecule has 0 bridgehead atoms. The molecule has 0 aliphatic heterocycles. The van der Waals surface area contributed by atoms with E-state index in [4.69, 9.17) is 5.73 Å². The van der Waals surface area contributed by atoms with Gasteiger partial charge in [0.1, 0.15) is 0 Å². The Morgan fingerprint density at radius 2 is 1.71 bits per heavy atom. The second kappa shape index (κ2) is 9.72. The second-order valence-electron chi connectivity index (χ2n) is 4.97. The standard InChI is InChI=1S/C13H28N2O.ClH/c1-6-11(7-2)13(16)15(5)9-8-12(14)10(3)4;/h10-12H,6-9,14H2,1-5H3;1H. The molecular formula is C13H29ClN2O.